The SMILES string of the molecule is Cc1ccc(C)n1-c1n[c]cs1. The zero-order valence-corrected chi connectivity index (χ0v) is 7.85. The van der Waals surface area contributed by atoms with Gasteiger partial charge in [0.2, 0.25) is 0 Å². The Kier molecular flexibility index (Phi) is 1.73. The average molecular weight is 177 g/mol. The highest BCUT2D eigenvalue weighted by Crippen LogP contribution is 2.17. The van der Waals surface area contributed by atoms with Crippen molar-refractivity contribution in [3.05, 3.63) is 35.1 Å². The summed E-state index contributed by atoms with van der Waals surface area (Å²) >= 11 is 1.61. The van der Waals surface area contributed by atoms with Crippen molar-refractivity contribution in [2.24, 2.45) is 0 Å². The molecule has 1 radical (unpaired) electrons. The van der Waals surface area contributed by atoms with E-state index >= 15 is 0 Å². The summed E-state index contributed by atoms with van der Waals surface area (Å²) < 4.78 is 2.13. The Hall–Kier alpha value is -1.09. The van der Waals surface area contributed by atoms with Crippen molar-refractivity contribution >= 4 is 11.3 Å². The molecule has 0 unspecified atom stereocenters. The third-order valence-corrected chi connectivity index (χ3v) is 2.55. The van der Waals surface area contributed by atoms with Crippen molar-refractivity contribution in [1.82, 2.24) is 9.55 Å². The molecule has 0 N–H and O–H groups in total. The van der Waals surface area contributed by atoms with Gasteiger partial charge in [0.05, 0.1) is 0 Å². The van der Waals surface area contributed by atoms with Crippen LogP contribution in [0.3, 0.4) is 0 Å². The number of rotatable bonds is 1. The molecule has 2 rings (SSSR count). The van der Waals surface area contributed by atoms with E-state index in [0.29, 0.717) is 0 Å². The molecule has 0 fully saturated rings. The number of thiazole rings is 1. The molecule has 2 aromatic rings. The van der Waals surface area contributed by atoms with Crippen LogP contribution >= 0.6 is 11.3 Å². The number of hydrogen-bond donors (Lipinski definition) is 0. The molecule has 0 aliphatic heterocycles. The highest BCUT2D eigenvalue weighted by molar-refractivity contribution is 7.12. The van der Waals surface area contributed by atoms with Crippen molar-refractivity contribution in [3.63, 3.8) is 0 Å². The summed E-state index contributed by atoms with van der Waals surface area (Å²) in [5.41, 5.74) is 2.44. The monoisotopic (exact) mass is 177 g/mol. The number of aromatic nitrogens is 2. The van der Waals surface area contributed by atoms with Crippen molar-refractivity contribution in [2.45, 2.75) is 13.8 Å². The van der Waals surface area contributed by atoms with Crippen LogP contribution in [-0.4, -0.2) is 9.55 Å². The van der Waals surface area contributed by atoms with Crippen LogP contribution in [-0.2, 0) is 0 Å². The van der Waals surface area contributed by atoms with Crippen LogP contribution < -0.4 is 0 Å². The lowest BCUT2D eigenvalue weighted by atomic mass is 10.5. The van der Waals surface area contributed by atoms with E-state index in [0.717, 1.165) is 5.13 Å². The molecule has 0 spiro atoms. The molecule has 0 aliphatic rings. The molecule has 0 atom stereocenters. The largest absolute Gasteiger partial charge is 0.295 e. The first-order valence-electron chi connectivity index (χ1n) is 3.76. The zero-order chi connectivity index (χ0) is 8.55. The Morgan fingerprint density at radius 1 is 1.33 bits per heavy atom. The molecule has 0 aromatic carbocycles. The third-order valence-electron chi connectivity index (χ3n) is 1.84. The standard InChI is InChI=1S/C9H9N2S/c1-7-3-4-8(2)11(7)9-10-5-6-12-9/h3-4,6H,1-2H3. The van der Waals surface area contributed by atoms with Gasteiger partial charge in [0.15, 0.2) is 5.13 Å². The first-order valence-corrected chi connectivity index (χ1v) is 4.64. The van der Waals surface area contributed by atoms with Crippen LogP contribution in [0, 0.1) is 20.0 Å². The quantitative estimate of drug-likeness (QED) is 0.653. The highest BCUT2D eigenvalue weighted by atomic mass is 32.1. The first-order chi connectivity index (χ1) is 5.79. The maximum atomic E-state index is 4.14. The topological polar surface area (TPSA) is 17.8 Å². The van der Waals surface area contributed by atoms with Crippen molar-refractivity contribution < 1.29 is 0 Å². The van der Waals surface area contributed by atoms with E-state index in [-0.39, 0.29) is 0 Å². The van der Waals surface area contributed by atoms with Crippen LogP contribution in [0.2, 0.25) is 0 Å². The Labute approximate surface area is 75.5 Å². The fourth-order valence-corrected chi connectivity index (χ4v) is 1.97. The summed E-state index contributed by atoms with van der Waals surface area (Å²) in [4.78, 5) is 4.14. The second-order valence-electron chi connectivity index (χ2n) is 2.71. The van der Waals surface area contributed by atoms with Gasteiger partial charge in [0, 0.05) is 16.8 Å². The maximum Gasteiger partial charge on any atom is 0.194 e. The van der Waals surface area contributed by atoms with Gasteiger partial charge in [-0.25, -0.2) is 4.98 Å². The van der Waals surface area contributed by atoms with Crippen LogP contribution in [0.1, 0.15) is 11.4 Å². The maximum absolute atomic E-state index is 4.14. The molecule has 12 heavy (non-hydrogen) atoms. The van der Waals surface area contributed by atoms with Crippen molar-refractivity contribution in [1.29, 1.82) is 0 Å². The lowest BCUT2D eigenvalue weighted by Gasteiger charge is -2.02. The summed E-state index contributed by atoms with van der Waals surface area (Å²) in [7, 11) is 0. The zero-order valence-electron chi connectivity index (χ0n) is 7.03. The minimum atomic E-state index is 0.995. The normalized spacial score (nSPS) is 10.5. The van der Waals surface area contributed by atoms with Gasteiger partial charge in [-0.05, 0) is 26.0 Å². The van der Waals surface area contributed by atoms with E-state index in [2.05, 4.69) is 41.7 Å². The van der Waals surface area contributed by atoms with Crippen LogP contribution in [0.15, 0.2) is 17.5 Å². The molecular formula is C9H9N2S. The van der Waals surface area contributed by atoms with Gasteiger partial charge in [-0.3, -0.25) is 4.57 Å². The predicted molar refractivity (Wildman–Crippen MR) is 49.8 cm³/mol. The molecule has 0 saturated heterocycles. The summed E-state index contributed by atoms with van der Waals surface area (Å²) in [6, 6.07) is 4.19. The third kappa shape index (κ3) is 1.06. The van der Waals surface area contributed by atoms with E-state index in [1.165, 1.54) is 11.4 Å². The minimum Gasteiger partial charge on any atom is -0.295 e. The highest BCUT2D eigenvalue weighted by Gasteiger charge is 2.04. The molecule has 3 heteroatoms. The van der Waals surface area contributed by atoms with Crippen molar-refractivity contribution in [3.8, 4) is 5.13 Å². The fraction of sp³-hybridized carbons (Fsp3) is 0.222. The summed E-state index contributed by atoms with van der Waals surface area (Å²) in [5, 5.41) is 2.86. The predicted octanol–water partition coefficient (Wildman–Crippen LogP) is 2.35. The number of aryl methyl sites for hydroxylation is 2. The molecule has 0 aliphatic carbocycles. The Balaban J connectivity index is 2.60. The van der Waals surface area contributed by atoms with Crippen LogP contribution in [0.5, 0.6) is 0 Å². The molecule has 0 saturated carbocycles. The average Bonchev–Trinajstić information content (AvgIpc) is 2.61. The molecule has 0 amide bonds. The van der Waals surface area contributed by atoms with Crippen LogP contribution in [0.25, 0.3) is 5.13 Å². The Morgan fingerprint density at radius 2 is 2.00 bits per heavy atom. The van der Waals surface area contributed by atoms with Gasteiger partial charge < -0.3 is 0 Å². The fourth-order valence-electron chi connectivity index (χ4n) is 1.26. The minimum absolute atomic E-state index is 0.995. The van der Waals surface area contributed by atoms with E-state index in [1.54, 1.807) is 11.3 Å². The molecule has 2 aromatic heterocycles. The molecule has 2 nitrogen and oxygen atoms in total. The lowest BCUT2D eigenvalue weighted by Crippen LogP contribution is -1.96. The number of nitrogens with zero attached hydrogens (tertiary/aromatic N) is 2. The summed E-state index contributed by atoms with van der Waals surface area (Å²) in [5.74, 6) is 0. The van der Waals surface area contributed by atoms with Gasteiger partial charge in [-0.1, -0.05) is 0 Å². The summed E-state index contributed by atoms with van der Waals surface area (Å²) in [6.07, 6.45) is 2.82. The smallest absolute Gasteiger partial charge is 0.194 e. The van der Waals surface area contributed by atoms with Gasteiger partial charge >= 0.3 is 0 Å². The van der Waals surface area contributed by atoms with Crippen molar-refractivity contribution in [2.75, 3.05) is 0 Å². The molecule has 0 bridgehead atoms. The second-order valence-corrected chi connectivity index (χ2v) is 3.55. The summed E-state index contributed by atoms with van der Waals surface area (Å²) in [6.45, 7) is 4.16. The Bertz CT molecular complexity index is 354. The molecular weight excluding hydrogens is 168 g/mol. The lowest BCUT2D eigenvalue weighted by molar-refractivity contribution is 0.949. The van der Waals surface area contributed by atoms with E-state index in [1.807, 2.05) is 5.38 Å². The van der Waals surface area contributed by atoms with E-state index in [9.17, 15) is 0 Å². The van der Waals surface area contributed by atoms with Gasteiger partial charge in [0.25, 0.3) is 0 Å². The molecule has 61 valence electrons. The van der Waals surface area contributed by atoms with E-state index in [4.69, 9.17) is 0 Å². The van der Waals surface area contributed by atoms with Gasteiger partial charge in [-0.15, -0.1) is 11.3 Å². The first kappa shape index (κ1) is 7.55. The van der Waals surface area contributed by atoms with Crippen LogP contribution in [0.4, 0.5) is 0 Å². The van der Waals surface area contributed by atoms with Gasteiger partial charge in [-0.2, -0.15) is 0 Å². The van der Waals surface area contributed by atoms with E-state index < -0.39 is 0 Å². The Morgan fingerprint density at radius 3 is 2.50 bits per heavy atom. The van der Waals surface area contributed by atoms with Gasteiger partial charge in [0.1, 0.15) is 6.20 Å². The number of hydrogen-bond acceptors (Lipinski definition) is 2. The molecule has 2 heterocycles. The second kappa shape index (κ2) is 2.75.